The molecule has 3 nitrogen and oxygen atoms in total. The van der Waals surface area contributed by atoms with Gasteiger partial charge in [-0.1, -0.05) is 48.5 Å². The molecule has 5 heteroatoms. The minimum atomic E-state index is 0.535. The Hall–Kier alpha value is -1.82. The summed E-state index contributed by atoms with van der Waals surface area (Å²) in [6, 6.07) is 22.0. The van der Waals surface area contributed by atoms with E-state index in [1.54, 1.807) is 14.2 Å². The van der Waals surface area contributed by atoms with E-state index >= 15 is 0 Å². The summed E-state index contributed by atoms with van der Waals surface area (Å²) in [6.45, 7) is 2.09. The van der Waals surface area contributed by atoms with Gasteiger partial charge in [0.1, 0.15) is 0 Å². The lowest BCUT2D eigenvalue weighted by Crippen LogP contribution is -2.28. The molecule has 1 atom stereocenters. The maximum atomic E-state index is 5.48. The van der Waals surface area contributed by atoms with Crippen LogP contribution in [0, 0.1) is 0 Å². The molecule has 0 N–H and O–H groups in total. The van der Waals surface area contributed by atoms with Crippen molar-refractivity contribution in [2.24, 2.45) is 0 Å². The number of rotatable bonds is 10. The van der Waals surface area contributed by atoms with E-state index in [9.17, 15) is 0 Å². The molecule has 1 fully saturated rings. The van der Waals surface area contributed by atoms with E-state index in [4.69, 9.17) is 9.47 Å². The van der Waals surface area contributed by atoms with Gasteiger partial charge in [0.2, 0.25) is 0 Å². The third-order valence-corrected chi connectivity index (χ3v) is 9.37. The molecule has 0 amide bonds. The fraction of sp³-hybridized carbons (Fsp3) is 0.429. The predicted octanol–water partition coefficient (Wildman–Crippen LogP) is 6.70. The van der Waals surface area contributed by atoms with Crippen LogP contribution in [0.15, 0.2) is 60.7 Å². The van der Waals surface area contributed by atoms with Crippen molar-refractivity contribution >= 4 is 34.3 Å². The van der Waals surface area contributed by atoms with E-state index in [0.717, 1.165) is 31.0 Å². The van der Waals surface area contributed by atoms with Crippen LogP contribution in [0.25, 0.3) is 10.8 Å². The Kier molecular flexibility index (Phi) is 8.88. The monoisotopic (exact) mass is 481 g/mol. The van der Waals surface area contributed by atoms with Gasteiger partial charge >= 0.3 is 0 Å². The molecule has 4 rings (SSSR count). The lowest BCUT2D eigenvalue weighted by molar-refractivity contribution is 0.310. The molecule has 1 saturated heterocycles. The largest absolute Gasteiger partial charge is 0.493 e. The number of hydrogen-bond donors (Lipinski definition) is 0. The Balaban J connectivity index is 1.45. The highest BCUT2D eigenvalue weighted by Crippen LogP contribution is 2.38. The quantitative estimate of drug-likeness (QED) is 0.320. The minimum Gasteiger partial charge on any atom is -0.493 e. The van der Waals surface area contributed by atoms with Crippen molar-refractivity contribution in [3.8, 4) is 11.5 Å². The molecule has 0 bridgehead atoms. The zero-order chi connectivity index (χ0) is 23.0. The number of hydrogen-bond acceptors (Lipinski definition) is 5. The Bertz CT molecular complexity index is 1040. The van der Waals surface area contributed by atoms with Crippen molar-refractivity contribution < 1.29 is 9.47 Å². The molecule has 176 valence electrons. The molecule has 0 aromatic heterocycles. The molecule has 1 aliphatic heterocycles. The van der Waals surface area contributed by atoms with E-state index in [1.165, 1.54) is 46.2 Å². The summed E-state index contributed by atoms with van der Waals surface area (Å²) in [5.41, 5.74) is 2.75. The Morgan fingerprint density at radius 1 is 0.909 bits per heavy atom. The fourth-order valence-electron chi connectivity index (χ4n) is 4.51. The first-order valence-electron chi connectivity index (χ1n) is 11.8. The number of nitrogens with zero attached hydrogens (tertiary/aromatic N) is 1. The molecule has 1 heterocycles. The summed E-state index contributed by atoms with van der Waals surface area (Å²) in [5.74, 6) is 4.73. The second kappa shape index (κ2) is 12.0. The number of thioether (sulfide) groups is 2. The SMILES string of the molecule is COc1ccc(CCN(C)CC(CC2SCCCS2)c2ccc3ccccc3c2)cc1OC. The summed E-state index contributed by atoms with van der Waals surface area (Å²) in [7, 11) is 5.64. The summed E-state index contributed by atoms with van der Waals surface area (Å²) >= 11 is 4.31. The van der Waals surface area contributed by atoms with Crippen LogP contribution < -0.4 is 9.47 Å². The van der Waals surface area contributed by atoms with Gasteiger partial charge in [0.05, 0.1) is 18.8 Å². The Labute approximate surface area is 207 Å². The van der Waals surface area contributed by atoms with Gasteiger partial charge < -0.3 is 14.4 Å². The van der Waals surface area contributed by atoms with Gasteiger partial charge in [0, 0.05) is 13.1 Å². The van der Waals surface area contributed by atoms with Gasteiger partial charge in [0.25, 0.3) is 0 Å². The molecule has 33 heavy (non-hydrogen) atoms. The van der Waals surface area contributed by atoms with Crippen molar-refractivity contribution in [2.45, 2.75) is 29.8 Å². The fourth-order valence-corrected chi connectivity index (χ4v) is 7.54. The number of likely N-dealkylation sites (N-methyl/N-ethyl adjacent to an activating group) is 1. The molecule has 0 saturated carbocycles. The zero-order valence-corrected chi connectivity index (χ0v) is 21.6. The molecule has 0 aliphatic carbocycles. The number of ether oxygens (including phenoxy) is 2. The Morgan fingerprint density at radius 2 is 1.67 bits per heavy atom. The first kappa shape index (κ1) is 24.3. The lowest BCUT2D eigenvalue weighted by atomic mass is 9.93. The van der Waals surface area contributed by atoms with Crippen molar-refractivity contribution in [3.05, 3.63) is 71.8 Å². The van der Waals surface area contributed by atoms with Crippen LogP contribution in [0.5, 0.6) is 11.5 Å². The average Bonchev–Trinajstić information content (AvgIpc) is 2.87. The number of benzene rings is 3. The molecule has 3 aromatic rings. The van der Waals surface area contributed by atoms with Crippen molar-refractivity contribution in [2.75, 3.05) is 45.9 Å². The summed E-state index contributed by atoms with van der Waals surface area (Å²) in [5, 5.41) is 2.67. The first-order chi connectivity index (χ1) is 16.2. The second-order valence-electron chi connectivity index (χ2n) is 8.77. The normalized spacial score (nSPS) is 15.6. The van der Waals surface area contributed by atoms with E-state index in [-0.39, 0.29) is 0 Å². The van der Waals surface area contributed by atoms with Crippen molar-refractivity contribution in [1.29, 1.82) is 0 Å². The first-order valence-corrected chi connectivity index (χ1v) is 13.9. The van der Waals surface area contributed by atoms with Gasteiger partial charge in [-0.3, -0.25) is 0 Å². The molecule has 3 aromatic carbocycles. The Morgan fingerprint density at radius 3 is 2.42 bits per heavy atom. The molecular formula is C28H35NO2S2. The molecule has 0 radical (unpaired) electrons. The smallest absolute Gasteiger partial charge is 0.160 e. The van der Waals surface area contributed by atoms with Crippen LogP contribution in [0.4, 0.5) is 0 Å². The highest BCUT2D eigenvalue weighted by molar-refractivity contribution is 8.17. The average molecular weight is 482 g/mol. The second-order valence-corrected chi connectivity index (χ2v) is 11.7. The maximum absolute atomic E-state index is 5.48. The number of methoxy groups -OCH3 is 2. The minimum absolute atomic E-state index is 0.535. The van der Waals surface area contributed by atoms with Gasteiger partial charge in [-0.05, 0) is 77.8 Å². The highest BCUT2D eigenvalue weighted by Gasteiger charge is 2.23. The van der Waals surface area contributed by atoms with Crippen LogP contribution in [-0.2, 0) is 6.42 Å². The van der Waals surface area contributed by atoms with E-state index in [2.05, 4.69) is 90.1 Å². The highest BCUT2D eigenvalue weighted by atomic mass is 32.2. The maximum Gasteiger partial charge on any atom is 0.160 e. The van der Waals surface area contributed by atoms with Crippen LogP contribution >= 0.6 is 23.5 Å². The van der Waals surface area contributed by atoms with Crippen molar-refractivity contribution in [1.82, 2.24) is 4.90 Å². The van der Waals surface area contributed by atoms with Crippen LogP contribution in [0.3, 0.4) is 0 Å². The summed E-state index contributed by atoms with van der Waals surface area (Å²) in [4.78, 5) is 2.49. The summed E-state index contributed by atoms with van der Waals surface area (Å²) < 4.78 is 11.6. The van der Waals surface area contributed by atoms with E-state index in [1.807, 2.05) is 6.07 Å². The van der Waals surface area contributed by atoms with Gasteiger partial charge in [-0.25, -0.2) is 0 Å². The third-order valence-electron chi connectivity index (χ3n) is 6.38. The summed E-state index contributed by atoms with van der Waals surface area (Å²) in [6.07, 6.45) is 3.57. The predicted molar refractivity (Wildman–Crippen MR) is 145 cm³/mol. The number of fused-ring (bicyclic) bond motifs is 1. The van der Waals surface area contributed by atoms with Crippen molar-refractivity contribution in [3.63, 3.8) is 0 Å². The molecule has 1 unspecified atom stereocenters. The van der Waals surface area contributed by atoms with Gasteiger partial charge in [-0.2, -0.15) is 0 Å². The van der Waals surface area contributed by atoms with Crippen LogP contribution in [0.1, 0.15) is 29.9 Å². The van der Waals surface area contributed by atoms with Gasteiger partial charge in [0.15, 0.2) is 11.5 Å². The lowest BCUT2D eigenvalue weighted by Gasteiger charge is -2.29. The zero-order valence-electron chi connectivity index (χ0n) is 20.0. The molecule has 1 aliphatic rings. The van der Waals surface area contributed by atoms with Gasteiger partial charge in [-0.15, -0.1) is 23.5 Å². The van der Waals surface area contributed by atoms with Crippen LogP contribution in [0.2, 0.25) is 0 Å². The molecular weight excluding hydrogens is 446 g/mol. The molecule has 0 spiro atoms. The standard InChI is InChI=1S/C28H35NO2S2/c1-29(14-13-21-9-12-26(30-2)27(17-21)31-3)20-25(19-28-32-15-6-16-33-28)24-11-10-22-7-4-5-8-23(22)18-24/h4-5,7-12,17-18,25,28H,6,13-16,19-20H2,1-3H3. The topological polar surface area (TPSA) is 21.7 Å². The van der Waals surface area contributed by atoms with E-state index in [0.29, 0.717) is 10.5 Å². The van der Waals surface area contributed by atoms with E-state index < -0.39 is 0 Å². The third kappa shape index (κ3) is 6.62. The van der Waals surface area contributed by atoms with Crippen LogP contribution in [-0.4, -0.2) is 55.3 Å².